The van der Waals surface area contributed by atoms with Crippen LogP contribution in [0.3, 0.4) is 0 Å². The molecule has 0 saturated heterocycles. The molecule has 2 rings (SSSR count). The van der Waals surface area contributed by atoms with Crippen molar-refractivity contribution < 1.29 is 0 Å². The van der Waals surface area contributed by atoms with Gasteiger partial charge in [0, 0.05) is 18.1 Å². The summed E-state index contributed by atoms with van der Waals surface area (Å²) in [4.78, 5) is 3.06. The Labute approximate surface area is 89.3 Å². The molecule has 1 heterocycles. The van der Waals surface area contributed by atoms with E-state index < -0.39 is 0 Å². The van der Waals surface area contributed by atoms with Crippen LogP contribution in [0.4, 0.5) is 5.69 Å². The molecule has 0 amide bonds. The van der Waals surface area contributed by atoms with Gasteiger partial charge in [-0.05, 0) is 36.4 Å². The topological polar surface area (TPSA) is 53.8 Å². The molecule has 0 aliphatic rings. The third kappa shape index (κ3) is 2.02. The quantitative estimate of drug-likeness (QED) is 0.664. The van der Waals surface area contributed by atoms with Crippen LogP contribution in [-0.4, -0.2) is 12.0 Å². The maximum atomic E-state index is 5.66. The number of aromatic amines is 1. The SMILES string of the molecule is CNC(c1ccc(N)cc1)c1cc[nH]c1. The van der Waals surface area contributed by atoms with Crippen molar-refractivity contribution in [3.8, 4) is 0 Å². The van der Waals surface area contributed by atoms with Crippen molar-refractivity contribution in [3.63, 3.8) is 0 Å². The minimum absolute atomic E-state index is 0.219. The first kappa shape index (κ1) is 9.80. The molecule has 0 fully saturated rings. The lowest BCUT2D eigenvalue weighted by molar-refractivity contribution is 0.693. The number of nitrogens with one attached hydrogen (secondary N) is 2. The molecule has 2 aromatic rings. The van der Waals surface area contributed by atoms with E-state index in [0.29, 0.717) is 0 Å². The number of nitrogen functional groups attached to an aromatic ring is 1. The lowest BCUT2D eigenvalue weighted by atomic mass is 10.0. The molecule has 0 aliphatic carbocycles. The lowest BCUT2D eigenvalue weighted by Gasteiger charge is -2.15. The van der Waals surface area contributed by atoms with E-state index >= 15 is 0 Å². The van der Waals surface area contributed by atoms with Gasteiger partial charge >= 0.3 is 0 Å². The van der Waals surface area contributed by atoms with Crippen molar-refractivity contribution in [2.75, 3.05) is 12.8 Å². The summed E-state index contributed by atoms with van der Waals surface area (Å²) in [6, 6.07) is 10.2. The van der Waals surface area contributed by atoms with E-state index in [2.05, 4.69) is 16.4 Å². The van der Waals surface area contributed by atoms with Gasteiger partial charge in [-0.3, -0.25) is 0 Å². The highest BCUT2D eigenvalue weighted by Gasteiger charge is 2.11. The summed E-state index contributed by atoms with van der Waals surface area (Å²) in [7, 11) is 1.95. The zero-order chi connectivity index (χ0) is 10.7. The normalized spacial score (nSPS) is 12.6. The van der Waals surface area contributed by atoms with Gasteiger partial charge in [0.05, 0.1) is 6.04 Å². The molecule has 78 valence electrons. The van der Waals surface area contributed by atoms with E-state index in [1.807, 2.05) is 43.7 Å². The first-order chi connectivity index (χ1) is 7.31. The monoisotopic (exact) mass is 201 g/mol. The molecule has 15 heavy (non-hydrogen) atoms. The highest BCUT2D eigenvalue weighted by Crippen LogP contribution is 2.21. The van der Waals surface area contributed by atoms with Crippen molar-refractivity contribution in [3.05, 3.63) is 53.9 Å². The Hall–Kier alpha value is -1.74. The van der Waals surface area contributed by atoms with Crippen LogP contribution in [0.2, 0.25) is 0 Å². The lowest BCUT2D eigenvalue weighted by Crippen LogP contribution is -2.16. The largest absolute Gasteiger partial charge is 0.399 e. The summed E-state index contributed by atoms with van der Waals surface area (Å²) in [5.74, 6) is 0. The van der Waals surface area contributed by atoms with E-state index in [9.17, 15) is 0 Å². The van der Waals surface area contributed by atoms with Crippen molar-refractivity contribution in [1.29, 1.82) is 0 Å². The van der Waals surface area contributed by atoms with Crippen molar-refractivity contribution in [2.24, 2.45) is 0 Å². The zero-order valence-corrected chi connectivity index (χ0v) is 8.70. The molecule has 1 atom stereocenters. The van der Waals surface area contributed by atoms with Gasteiger partial charge in [0.15, 0.2) is 0 Å². The molecule has 0 saturated carbocycles. The van der Waals surface area contributed by atoms with Crippen molar-refractivity contribution in [1.82, 2.24) is 10.3 Å². The van der Waals surface area contributed by atoms with Crippen LogP contribution in [0.1, 0.15) is 17.2 Å². The van der Waals surface area contributed by atoms with Crippen molar-refractivity contribution >= 4 is 5.69 Å². The number of benzene rings is 1. The minimum atomic E-state index is 0.219. The molecule has 0 radical (unpaired) electrons. The van der Waals surface area contributed by atoms with Crippen LogP contribution < -0.4 is 11.1 Å². The van der Waals surface area contributed by atoms with E-state index in [1.54, 1.807) is 0 Å². The third-order valence-corrected chi connectivity index (χ3v) is 2.51. The van der Waals surface area contributed by atoms with Gasteiger partial charge in [0.1, 0.15) is 0 Å². The van der Waals surface area contributed by atoms with E-state index in [4.69, 9.17) is 5.73 Å². The van der Waals surface area contributed by atoms with Crippen LogP contribution in [-0.2, 0) is 0 Å². The molecular weight excluding hydrogens is 186 g/mol. The summed E-state index contributed by atoms with van der Waals surface area (Å²) in [5.41, 5.74) is 8.89. The van der Waals surface area contributed by atoms with Gasteiger partial charge in [0.25, 0.3) is 0 Å². The Balaban J connectivity index is 2.31. The minimum Gasteiger partial charge on any atom is -0.399 e. The number of hydrogen-bond acceptors (Lipinski definition) is 2. The average molecular weight is 201 g/mol. The van der Waals surface area contributed by atoms with Gasteiger partial charge in [-0.1, -0.05) is 12.1 Å². The third-order valence-electron chi connectivity index (χ3n) is 2.51. The number of aromatic nitrogens is 1. The van der Waals surface area contributed by atoms with Gasteiger partial charge < -0.3 is 16.0 Å². The fourth-order valence-electron chi connectivity index (χ4n) is 1.73. The molecule has 4 N–H and O–H groups in total. The van der Waals surface area contributed by atoms with Crippen molar-refractivity contribution in [2.45, 2.75) is 6.04 Å². The Kier molecular flexibility index (Phi) is 2.74. The second-order valence-electron chi connectivity index (χ2n) is 3.53. The first-order valence-electron chi connectivity index (χ1n) is 4.96. The highest BCUT2D eigenvalue weighted by molar-refractivity contribution is 5.42. The van der Waals surface area contributed by atoms with Crippen LogP contribution in [0.15, 0.2) is 42.7 Å². The summed E-state index contributed by atoms with van der Waals surface area (Å²) < 4.78 is 0. The van der Waals surface area contributed by atoms with E-state index in [0.717, 1.165) is 5.69 Å². The van der Waals surface area contributed by atoms with Crippen LogP contribution in [0, 0.1) is 0 Å². The van der Waals surface area contributed by atoms with Gasteiger partial charge in [-0.2, -0.15) is 0 Å². The maximum Gasteiger partial charge on any atom is 0.0589 e. The smallest absolute Gasteiger partial charge is 0.0589 e. The maximum absolute atomic E-state index is 5.66. The van der Waals surface area contributed by atoms with Gasteiger partial charge in [0.2, 0.25) is 0 Å². The number of H-pyrrole nitrogens is 1. The summed E-state index contributed by atoms with van der Waals surface area (Å²) in [6.45, 7) is 0. The average Bonchev–Trinajstić information content (AvgIpc) is 2.75. The molecule has 0 bridgehead atoms. The molecule has 1 aromatic heterocycles. The second-order valence-corrected chi connectivity index (χ2v) is 3.53. The Morgan fingerprint density at radius 3 is 2.40 bits per heavy atom. The van der Waals surface area contributed by atoms with Crippen LogP contribution in [0.5, 0.6) is 0 Å². The predicted molar refractivity (Wildman–Crippen MR) is 62.5 cm³/mol. The van der Waals surface area contributed by atoms with Gasteiger partial charge in [-0.25, -0.2) is 0 Å². The Morgan fingerprint density at radius 1 is 1.13 bits per heavy atom. The Bertz CT molecular complexity index is 403. The van der Waals surface area contributed by atoms with Crippen LogP contribution >= 0.6 is 0 Å². The predicted octanol–water partition coefficient (Wildman–Crippen LogP) is 1.91. The number of anilines is 1. The van der Waals surface area contributed by atoms with Gasteiger partial charge in [-0.15, -0.1) is 0 Å². The highest BCUT2D eigenvalue weighted by atomic mass is 14.9. The fraction of sp³-hybridized carbons (Fsp3) is 0.167. The second kappa shape index (κ2) is 4.19. The molecule has 0 aliphatic heterocycles. The molecule has 3 heteroatoms. The molecular formula is C12H15N3. The van der Waals surface area contributed by atoms with E-state index in [-0.39, 0.29) is 6.04 Å². The summed E-state index contributed by atoms with van der Waals surface area (Å²) >= 11 is 0. The molecule has 0 spiro atoms. The Morgan fingerprint density at radius 2 is 1.87 bits per heavy atom. The summed E-state index contributed by atoms with van der Waals surface area (Å²) in [5, 5.41) is 3.28. The number of rotatable bonds is 3. The van der Waals surface area contributed by atoms with E-state index in [1.165, 1.54) is 11.1 Å². The number of hydrogen-bond donors (Lipinski definition) is 3. The number of nitrogens with two attached hydrogens (primary N) is 1. The molecule has 3 nitrogen and oxygen atoms in total. The molecule has 1 aromatic carbocycles. The zero-order valence-electron chi connectivity index (χ0n) is 8.70. The fourth-order valence-corrected chi connectivity index (χ4v) is 1.73. The standard InChI is InChI=1S/C12H15N3/c1-14-12(10-6-7-15-8-10)9-2-4-11(13)5-3-9/h2-8,12,14-15H,13H2,1H3. The first-order valence-corrected chi connectivity index (χ1v) is 4.96. The van der Waals surface area contributed by atoms with Crippen LogP contribution in [0.25, 0.3) is 0 Å². The molecule has 1 unspecified atom stereocenters. The summed E-state index contributed by atoms with van der Waals surface area (Å²) in [6.07, 6.45) is 3.93.